The molecule has 0 amide bonds. The van der Waals surface area contributed by atoms with Gasteiger partial charge in [0, 0.05) is 18.2 Å². The summed E-state index contributed by atoms with van der Waals surface area (Å²) < 4.78 is 11.9. The van der Waals surface area contributed by atoms with Gasteiger partial charge in [0.1, 0.15) is 5.75 Å². The third-order valence-corrected chi connectivity index (χ3v) is 7.68. The maximum atomic E-state index is 10.8. The van der Waals surface area contributed by atoms with E-state index in [1.54, 1.807) is 0 Å². The van der Waals surface area contributed by atoms with Crippen LogP contribution in [0, 0.1) is 5.92 Å². The Morgan fingerprint density at radius 3 is 2.55 bits per heavy atom. The Balaban J connectivity index is 2.05. The van der Waals surface area contributed by atoms with Crippen LogP contribution in [0.3, 0.4) is 0 Å². The topological polar surface area (TPSA) is 41.9 Å². The zero-order valence-corrected chi connectivity index (χ0v) is 20.5. The maximum Gasteiger partial charge on any atom is 0.317 e. The van der Waals surface area contributed by atoms with Gasteiger partial charge in [0.25, 0.3) is 0 Å². The largest absolute Gasteiger partial charge is 0.538 e. The van der Waals surface area contributed by atoms with E-state index in [0.29, 0.717) is 33.2 Å². The van der Waals surface area contributed by atoms with Crippen molar-refractivity contribution in [2.45, 2.75) is 91.3 Å². The van der Waals surface area contributed by atoms with Crippen LogP contribution in [0.4, 0.5) is 0 Å². The average Bonchev–Trinajstić information content (AvgIpc) is 2.66. The molecule has 2 rings (SSSR count). The summed E-state index contributed by atoms with van der Waals surface area (Å²) in [6.45, 7) is 18.2. The molecule has 0 spiro atoms. The summed E-state index contributed by atoms with van der Waals surface area (Å²) >= 11 is 0. The smallest absolute Gasteiger partial charge is 0.317 e. The fourth-order valence-corrected chi connectivity index (χ4v) is 4.44. The van der Waals surface area contributed by atoms with Gasteiger partial charge < -0.3 is 14.3 Å². The zero-order chi connectivity index (χ0) is 21.6. The quantitative estimate of drug-likeness (QED) is 0.498. The van der Waals surface area contributed by atoms with Crippen LogP contribution in [-0.4, -0.2) is 51.6 Å². The van der Waals surface area contributed by atoms with Crippen molar-refractivity contribution in [2.75, 3.05) is 19.7 Å². The highest BCUT2D eigenvalue weighted by Gasteiger charge is 2.29. The van der Waals surface area contributed by atoms with Gasteiger partial charge in [-0.1, -0.05) is 40.7 Å². The van der Waals surface area contributed by atoms with E-state index in [9.17, 15) is 5.11 Å². The average molecular weight is 420 g/mol. The van der Waals surface area contributed by atoms with Crippen LogP contribution in [0.5, 0.6) is 11.5 Å². The Morgan fingerprint density at radius 1 is 1.21 bits per heavy atom. The summed E-state index contributed by atoms with van der Waals surface area (Å²) in [5.74, 6) is 1.54. The molecule has 5 heteroatoms. The van der Waals surface area contributed by atoms with E-state index < -0.39 is 0 Å². The number of rotatable bonds is 11. The highest BCUT2D eigenvalue weighted by atomic mass is 28.2. The first-order chi connectivity index (χ1) is 13.7. The van der Waals surface area contributed by atoms with E-state index in [1.165, 1.54) is 5.56 Å². The molecule has 1 aliphatic carbocycles. The molecular weight excluding hydrogens is 378 g/mol. The Labute approximate surface area is 180 Å². The number of aromatic hydroxyl groups is 1. The summed E-state index contributed by atoms with van der Waals surface area (Å²) in [4.78, 5) is 2.57. The lowest BCUT2D eigenvalue weighted by Gasteiger charge is -2.35. The van der Waals surface area contributed by atoms with Crippen LogP contribution < -0.4 is 4.43 Å². The number of fused-ring (bicyclic) bond motifs is 1. The van der Waals surface area contributed by atoms with E-state index in [0.717, 1.165) is 50.9 Å². The Bertz CT molecular complexity index is 645. The summed E-state index contributed by atoms with van der Waals surface area (Å²) in [7, 11) is 0.333. The SMILES string of the molecule is CCCN(CCOC(C)C)[C@H]1CCc2c(ccc(O[Si]C(C)(C)C(C)C)c2O)C1. The van der Waals surface area contributed by atoms with E-state index in [-0.39, 0.29) is 11.1 Å². The van der Waals surface area contributed by atoms with Crippen molar-refractivity contribution >= 4 is 9.76 Å². The van der Waals surface area contributed by atoms with Crippen molar-refractivity contribution in [1.29, 1.82) is 0 Å². The van der Waals surface area contributed by atoms with Gasteiger partial charge in [0.2, 0.25) is 0 Å². The van der Waals surface area contributed by atoms with Crippen LogP contribution in [0.15, 0.2) is 12.1 Å². The van der Waals surface area contributed by atoms with Crippen molar-refractivity contribution in [3.63, 3.8) is 0 Å². The third-order valence-electron chi connectivity index (χ3n) is 6.25. The number of phenolic OH excluding ortho intramolecular Hbond substituents is 1. The molecule has 0 saturated heterocycles. The van der Waals surface area contributed by atoms with Gasteiger partial charge in [-0.15, -0.1) is 0 Å². The first-order valence-corrected chi connectivity index (χ1v) is 12.2. The van der Waals surface area contributed by atoms with E-state index in [1.807, 2.05) is 6.07 Å². The number of hydrogen-bond acceptors (Lipinski definition) is 4. The minimum Gasteiger partial charge on any atom is -0.538 e. The standard InChI is InChI=1S/C24H41NO3Si/c1-8-13-25(14-15-27-18(4)5)20-10-11-21-19(16-20)9-12-22(23(21)26)28-29-24(6,7)17(2)3/h9,12,17-18,20,26H,8,10-11,13-16H2,1-7H3/t20-/m0/s1. The molecule has 4 nitrogen and oxygen atoms in total. The van der Waals surface area contributed by atoms with Gasteiger partial charge in [-0.25, -0.2) is 0 Å². The molecule has 0 aromatic heterocycles. The highest BCUT2D eigenvalue weighted by molar-refractivity contribution is 6.33. The monoisotopic (exact) mass is 419 g/mol. The lowest BCUT2D eigenvalue weighted by Crippen LogP contribution is -2.42. The molecule has 0 unspecified atom stereocenters. The third kappa shape index (κ3) is 6.73. The second-order valence-corrected chi connectivity index (χ2v) is 11.2. The molecule has 1 atom stereocenters. The molecule has 0 bridgehead atoms. The van der Waals surface area contributed by atoms with Crippen LogP contribution in [0.1, 0.15) is 72.4 Å². The summed E-state index contributed by atoms with van der Waals surface area (Å²) in [6.07, 6.45) is 4.40. The number of hydrogen-bond donors (Lipinski definition) is 1. The minimum absolute atomic E-state index is 0.103. The fraction of sp³-hybridized carbons (Fsp3) is 0.750. The molecule has 1 aliphatic rings. The molecule has 0 saturated carbocycles. The summed E-state index contributed by atoms with van der Waals surface area (Å²) in [5, 5.41) is 10.9. The van der Waals surface area contributed by atoms with Gasteiger partial charge >= 0.3 is 9.76 Å². The molecule has 0 aliphatic heterocycles. The minimum atomic E-state index is 0.103. The molecule has 1 aromatic rings. The predicted molar refractivity (Wildman–Crippen MR) is 122 cm³/mol. The van der Waals surface area contributed by atoms with Gasteiger partial charge in [-0.2, -0.15) is 0 Å². The van der Waals surface area contributed by atoms with Crippen LogP contribution in [0.25, 0.3) is 0 Å². The van der Waals surface area contributed by atoms with E-state index in [4.69, 9.17) is 9.16 Å². The van der Waals surface area contributed by atoms with Gasteiger partial charge in [0.15, 0.2) is 5.75 Å². The van der Waals surface area contributed by atoms with Crippen molar-refractivity contribution < 1.29 is 14.3 Å². The van der Waals surface area contributed by atoms with Gasteiger partial charge in [0.05, 0.1) is 12.7 Å². The van der Waals surface area contributed by atoms with Crippen molar-refractivity contribution in [1.82, 2.24) is 4.90 Å². The normalized spacial score (nSPS) is 17.2. The summed E-state index contributed by atoms with van der Waals surface area (Å²) in [6, 6.07) is 4.65. The molecule has 29 heavy (non-hydrogen) atoms. The molecule has 2 radical (unpaired) electrons. The van der Waals surface area contributed by atoms with Crippen LogP contribution >= 0.6 is 0 Å². The Morgan fingerprint density at radius 2 is 1.93 bits per heavy atom. The maximum absolute atomic E-state index is 10.8. The van der Waals surface area contributed by atoms with E-state index >= 15 is 0 Å². The first kappa shape index (κ1) is 24.2. The number of phenols is 1. The first-order valence-electron chi connectivity index (χ1n) is 11.3. The fourth-order valence-electron chi connectivity index (χ4n) is 3.66. The Kier molecular flexibility index (Phi) is 9.05. The molecule has 1 aromatic carbocycles. The van der Waals surface area contributed by atoms with Gasteiger partial charge in [-0.3, -0.25) is 4.90 Å². The highest BCUT2D eigenvalue weighted by Crippen LogP contribution is 2.39. The summed E-state index contributed by atoms with van der Waals surface area (Å²) in [5.41, 5.74) is 2.35. The van der Waals surface area contributed by atoms with Crippen molar-refractivity contribution in [3.05, 3.63) is 23.3 Å². The van der Waals surface area contributed by atoms with Crippen molar-refractivity contribution in [2.24, 2.45) is 5.92 Å². The number of ether oxygens (including phenoxy) is 1. The van der Waals surface area contributed by atoms with E-state index in [2.05, 4.69) is 59.4 Å². The molecular formula is C24H41NO3Si. The van der Waals surface area contributed by atoms with Crippen LogP contribution in [-0.2, 0) is 17.6 Å². The second-order valence-electron chi connectivity index (χ2n) is 9.48. The predicted octanol–water partition coefficient (Wildman–Crippen LogP) is 5.24. The molecule has 1 N–H and O–H groups in total. The second kappa shape index (κ2) is 10.8. The molecule has 0 heterocycles. The lowest BCUT2D eigenvalue weighted by atomic mass is 9.86. The Hall–Kier alpha value is -1.04. The number of benzene rings is 1. The van der Waals surface area contributed by atoms with Crippen molar-refractivity contribution in [3.8, 4) is 11.5 Å². The zero-order valence-electron chi connectivity index (χ0n) is 19.5. The molecule has 164 valence electrons. The van der Waals surface area contributed by atoms with Crippen LogP contribution in [0.2, 0.25) is 5.04 Å². The molecule has 0 fully saturated rings. The van der Waals surface area contributed by atoms with Gasteiger partial charge in [-0.05, 0) is 68.7 Å². The number of nitrogens with zero attached hydrogens (tertiary/aromatic N) is 1. The lowest BCUT2D eigenvalue weighted by molar-refractivity contribution is 0.0465.